The lowest BCUT2D eigenvalue weighted by Crippen LogP contribution is -2.11. The van der Waals surface area contributed by atoms with Crippen LogP contribution >= 0.6 is 0 Å². The zero-order valence-electron chi connectivity index (χ0n) is 9.30. The predicted octanol–water partition coefficient (Wildman–Crippen LogP) is 3.63. The van der Waals surface area contributed by atoms with Crippen molar-refractivity contribution < 1.29 is 0 Å². The lowest BCUT2D eigenvalue weighted by Gasteiger charge is -2.12. The number of rotatable bonds is 5. The summed E-state index contributed by atoms with van der Waals surface area (Å²) in [7, 11) is 1.87. The Morgan fingerprint density at radius 1 is 1.54 bits per heavy atom. The smallest absolute Gasteiger partial charge is 0.0398 e. The van der Waals surface area contributed by atoms with Crippen molar-refractivity contribution in [2.24, 2.45) is 10.9 Å². The van der Waals surface area contributed by atoms with E-state index in [4.69, 9.17) is 0 Å². The number of nitrogens with zero attached hydrogens (tertiary/aromatic N) is 1. The average Bonchev–Trinajstić information content (AvgIpc) is 2.15. The van der Waals surface area contributed by atoms with E-state index in [2.05, 4.69) is 38.4 Å². The highest BCUT2D eigenvalue weighted by atomic mass is 14.7. The van der Waals surface area contributed by atoms with E-state index in [9.17, 15) is 0 Å². The third kappa shape index (κ3) is 4.07. The zero-order valence-corrected chi connectivity index (χ0v) is 9.30. The molecule has 1 atom stereocenters. The summed E-state index contributed by atoms with van der Waals surface area (Å²) >= 11 is 0. The van der Waals surface area contributed by atoms with Crippen molar-refractivity contribution in [1.82, 2.24) is 0 Å². The minimum absolute atomic E-state index is 0.561. The Bertz CT molecular complexity index is 211. The molecule has 0 spiro atoms. The van der Waals surface area contributed by atoms with Crippen molar-refractivity contribution in [3.8, 4) is 0 Å². The molecule has 13 heavy (non-hydrogen) atoms. The summed E-state index contributed by atoms with van der Waals surface area (Å²) in [5.41, 5.74) is 2.51. The van der Waals surface area contributed by atoms with Gasteiger partial charge in [-0.2, -0.15) is 0 Å². The molecule has 0 heterocycles. The van der Waals surface area contributed by atoms with Crippen molar-refractivity contribution in [2.45, 2.75) is 33.6 Å². The molecule has 1 unspecified atom stereocenters. The Balaban J connectivity index is 4.50. The van der Waals surface area contributed by atoms with Crippen LogP contribution < -0.4 is 0 Å². The second-order valence-corrected chi connectivity index (χ2v) is 3.33. The third-order valence-corrected chi connectivity index (χ3v) is 2.31. The van der Waals surface area contributed by atoms with Gasteiger partial charge in [-0.05, 0) is 31.3 Å². The van der Waals surface area contributed by atoms with Gasteiger partial charge in [0.1, 0.15) is 0 Å². The first-order chi connectivity index (χ1) is 6.17. The molecule has 0 N–H and O–H groups in total. The van der Waals surface area contributed by atoms with E-state index in [1.54, 1.807) is 0 Å². The van der Waals surface area contributed by atoms with Crippen molar-refractivity contribution in [2.75, 3.05) is 7.05 Å². The van der Waals surface area contributed by atoms with E-state index in [1.807, 2.05) is 13.1 Å². The number of hydrogen-bond donors (Lipinski definition) is 0. The number of aliphatic imine (C=N–C) groups is 1. The van der Waals surface area contributed by atoms with Gasteiger partial charge in [0.25, 0.3) is 0 Å². The molecule has 0 saturated carbocycles. The van der Waals surface area contributed by atoms with Crippen molar-refractivity contribution in [3.63, 3.8) is 0 Å². The fraction of sp³-hybridized carbons (Fsp3) is 0.583. The maximum absolute atomic E-state index is 4.33. The maximum atomic E-state index is 4.33. The molecule has 0 saturated heterocycles. The summed E-state index contributed by atoms with van der Waals surface area (Å²) in [5.74, 6) is 0.561. The summed E-state index contributed by atoms with van der Waals surface area (Å²) in [6, 6.07) is 0. The maximum Gasteiger partial charge on any atom is 0.0398 e. The standard InChI is InChI=1S/C12H21N/c1-6-8-9-11(4)12(13-5)10(3)7-2/h6,9-10H,1,7-8H2,2-5H3. The molecule has 1 heteroatoms. The van der Waals surface area contributed by atoms with Crippen LogP contribution in [0.2, 0.25) is 0 Å². The predicted molar refractivity (Wildman–Crippen MR) is 61.4 cm³/mol. The fourth-order valence-electron chi connectivity index (χ4n) is 1.34. The van der Waals surface area contributed by atoms with E-state index in [1.165, 1.54) is 11.3 Å². The normalized spacial score (nSPS) is 15.7. The second kappa shape index (κ2) is 6.64. The molecule has 0 aliphatic rings. The molecule has 1 nitrogen and oxygen atoms in total. The summed E-state index contributed by atoms with van der Waals surface area (Å²) in [6.07, 6.45) is 6.17. The van der Waals surface area contributed by atoms with E-state index in [0.29, 0.717) is 5.92 Å². The van der Waals surface area contributed by atoms with E-state index in [0.717, 1.165) is 12.8 Å². The Hall–Kier alpha value is -0.850. The Morgan fingerprint density at radius 3 is 2.54 bits per heavy atom. The fourth-order valence-corrected chi connectivity index (χ4v) is 1.34. The molecular formula is C12H21N. The zero-order chi connectivity index (χ0) is 10.3. The van der Waals surface area contributed by atoms with Gasteiger partial charge in [0.2, 0.25) is 0 Å². The molecule has 0 aromatic heterocycles. The largest absolute Gasteiger partial charge is 0.293 e. The van der Waals surface area contributed by atoms with Crippen LogP contribution in [0.25, 0.3) is 0 Å². The van der Waals surface area contributed by atoms with Crippen molar-refractivity contribution in [1.29, 1.82) is 0 Å². The summed E-state index contributed by atoms with van der Waals surface area (Å²) in [6.45, 7) is 10.2. The molecule has 0 aliphatic heterocycles. The van der Waals surface area contributed by atoms with Crippen LogP contribution in [0.5, 0.6) is 0 Å². The Morgan fingerprint density at radius 2 is 2.15 bits per heavy atom. The molecule has 0 fully saturated rings. The van der Waals surface area contributed by atoms with Crippen LogP contribution in [-0.2, 0) is 0 Å². The molecule has 0 rings (SSSR count). The van der Waals surface area contributed by atoms with Gasteiger partial charge in [-0.25, -0.2) is 0 Å². The van der Waals surface area contributed by atoms with Crippen molar-refractivity contribution in [3.05, 3.63) is 24.3 Å². The van der Waals surface area contributed by atoms with Gasteiger partial charge in [0, 0.05) is 12.8 Å². The summed E-state index contributed by atoms with van der Waals surface area (Å²) < 4.78 is 0. The molecule has 0 aromatic rings. The summed E-state index contributed by atoms with van der Waals surface area (Å²) in [4.78, 5) is 4.33. The summed E-state index contributed by atoms with van der Waals surface area (Å²) in [5, 5.41) is 0. The highest BCUT2D eigenvalue weighted by molar-refractivity contribution is 6.01. The molecule has 0 radical (unpaired) electrons. The minimum Gasteiger partial charge on any atom is -0.293 e. The SMILES string of the molecule is C=CCC=C(C)C(=NC)C(C)CC. The van der Waals surface area contributed by atoms with Gasteiger partial charge in [0.05, 0.1) is 0 Å². The highest BCUT2D eigenvalue weighted by Crippen LogP contribution is 2.12. The van der Waals surface area contributed by atoms with Gasteiger partial charge in [-0.15, -0.1) is 6.58 Å². The molecule has 0 amide bonds. The van der Waals surface area contributed by atoms with Crippen LogP contribution in [0.4, 0.5) is 0 Å². The van der Waals surface area contributed by atoms with Crippen LogP contribution in [0, 0.1) is 5.92 Å². The first-order valence-electron chi connectivity index (χ1n) is 4.92. The molecule has 74 valence electrons. The Kier molecular flexibility index (Phi) is 6.21. The highest BCUT2D eigenvalue weighted by Gasteiger charge is 2.08. The van der Waals surface area contributed by atoms with Gasteiger partial charge < -0.3 is 0 Å². The average molecular weight is 179 g/mol. The van der Waals surface area contributed by atoms with Gasteiger partial charge >= 0.3 is 0 Å². The van der Waals surface area contributed by atoms with Gasteiger partial charge in [-0.1, -0.05) is 26.0 Å². The van der Waals surface area contributed by atoms with Crippen LogP contribution in [0.1, 0.15) is 33.6 Å². The minimum atomic E-state index is 0.561. The molecule has 0 aromatic carbocycles. The second-order valence-electron chi connectivity index (χ2n) is 3.33. The lowest BCUT2D eigenvalue weighted by atomic mass is 9.96. The van der Waals surface area contributed by atoms with E-state index in [-0.39, 0.29) is 0 Å². The van der Waals surface area contributed by atoms with Gasteiger partial charge in [0.15, 0.2) is 0 Å². The van der Waals surface area contributed by atoms with Gasteiger partial charge in [-0.3, -0.25) is 4.99 Å². The third-order valence-electron chi connectivity index (χ3n) is 2.31. The molecular weight excluding hydrogens is 158 g/mol. The van der Waals surface area contributed by atoms with Crippen LogP contribution in [0.3, 0.4) is 0 Å². The topological polar surface area (TPSA) is 12.4 Å². The monoisotopic (exact) mass is 179 g/mol. The first kappa shape index (κ1) is 12.2. The van der Waals surface area contributed by atoms with Crippen LogP contribution in [-0.4, -0.2) is 12.8 Å². The Labute approximate surface area is 82.3 Å². The van der Waals surface area contributed by atoms with Crippen molar-refractivity contribution >= 4 is 5.71 Å². The van der Waals surface area contributed by atoms with E-state index < -0.39 is 0 Å². The lowest BCUT2D eigenvalue weighted by molar-refractivity contribution is 0.737. The quantitative estimate of drug-likeness (QED) is 0.451. The molecule has 0 bridgehead atoms. The van der Waals surface area contributed by atoms with E-state index >= 15 is 0 Å². The van der Waals surface area contributed by atoms with Crippen LogP contribution in [0.15, 0.2) is 29.3 Å². The first-order valence-corrected chi connectivity index (χ1v) is 4.92. The number of allylic oxidation sites excluding steroid dienone is 3. The number of hydrogen-bond acceptors (Lipinski definition) is 1. The molecule has 0 aliphatic carbocycles.